The number of urea groups is 1. The number of carboxylic acids is 1. The van der Waals surface area contributed by atoms with E-state index in [1.54, 1.807) is 18.2 Å². The Kier molecular flexibility index (Phi) is 11.4. The molecule has 1 heterocycles. The highest BCUT2D eigenvalue weighted by Gasteiger charge is 2.40. The maximum absolute atomic E-state index is 13.0. The van der Waals surface area contributed by atoms with E-state index in [1.807, 2.05) is 0 Å². The summed E-state index contributed by atoms with van der Waals surface area (Å²) in [5, 5.41) is 26.7. The van der Waals surface area contributed by atoms with Gasteiger partial charge >= 0.3 is 12.0 Å². The Morgan fingerprint density at radius 2 is 1.69 bits per heavy atom. The molecule has 0 saturated carbocycles. The summed E-state index contributed by atoms with van der Waals surface area (Å²) in [6.45, 7) is 0.801. The van der Waals surface area contributed by atoms with E-state index in [0.717, 1.165) is 30.0 Å². The number of nitrogens with zero attached hydrogens (tertiary/aromatic N) is 1. The first-order valence-corrected chi connectivity index (χ1v) is 13.3. The first kappa shape index (κ1) is 28.8. The number of carboxylic acid groups (broad SMARTS) is 1. The van der Waals surface area contributed by atoms with Crippen LogP contribution in [-0.2, 0) is 19.6 Å². The van der Waals surface area contributed by atoms with Crippen LogP contribution in [-0.4, -0.2) is 80.0 Å². The summed E-state index contributed by atoms with van der Waals surface area (Å²) < 4.78 is 27.0. The summed E-state index contributed by atoms with van der Waals surface area (Å²) in [6, 6.07) is 4.73. The lowest BCUT2D eigenvalue weighted by Crippen LogP contribution is -2.54. The highest BCUT2D eigenvalue weighted by Crippen LogP contribution is 2.26. The van der Waals surface area contributed by atoms with Gasteiger partial charge < -0.3 is 32.1 Å². The average Bonchev–Trinajstić information content (AvgIpc) is 3.34. The van der Waals surface area contributed by atoms with E-state index in [-0.39, 0.29) is 30.4 Å². The van der Waals surface area contributed by atoms with Gasteiger partial charge in [0.05, 0.1) is 11.4 Å². The van der Waals surface area contributed by atoms with Crippen LogP contribution >= 0.6 is 0 Å². The number of benzene rings is 1. The molecule has 0 unspecified atom stereocenters. The van der Waals surface area contributed by atoms with E-state index in [4.69, 9.17) is 11.1 Å². The maximum atomic E-state index is 13.0. The van der Waals surface area contributed by atoms with Crippen LogP contribution in [0.25, 0.3) is 0 Å². The fourth-order valence-corrected chi connectivity index (χ4v) is 5.45. The van der Waals surface area contributed by atoms with E-state index in [2.05, 4.69) is 21.3 Å². The second-order valence-corrected chi connectivity index (χ2v) is 10.3. The zero-order valence-electron chi connectivity index (χ0n) is 20.0. The molecule has 2 rings (SSSR count). The summed E-state index contributed by atoms with van der Waals surface area (Å²) in [5.74, 6) is -2.14. The number of amides is 3. The molecule has 0 aromatic heterocycles. The molecule has 0 radical (unpaired) electrons. The van der Waals surface area contributed by atoms with Crippen molar-refractivity contribution in [2.24, 2.45) is 5.73 Å². The predicted molar refractivity (Wildman–Crippen MR) is 133 cm³/mol. The van der Waals surface area contributed by atoms with Gasteiger partial charge in [0.1, 0.15) is 12.1 Å². The third-order valence-corrected chi connectivity index (χ3v) is 7.56. The van der Waals surface area contributed by atoms with Gasteiger partial charge in [0.15, 0.2) is 5.96 Å². The zero-order chi connectivity index (χ0) is 26.6. The van der Waals surface area contributed by atoms with Crippen molar-refractivity contribution in [3.05, 3.63) is 30.3 Å². The van der Waals surface area contributed by atoms with Gasteiger partial charge in [-0.25, -0.2) is 18.0 Å². The van der Waals surface area contributed by atoms with E-state index >= 15 is 0 Å². The Morgan fingerprint density at radius 1 is 1.06 bits per heavy atom. The number of carbonyl (C=O) groups is 3. The van der Waals surface area contributed by atoms with Crippen LogP contribution in [0.15, 0.2) is 35.2 Å². The smallest absolute Gasteiger partial charge is 0.328 e. The molecule has 0 spiro atoms. The summed E-state index contributed by atoms with van der Waals surface area (Å²) >= 11 is 0. The minimum atomic E-state index is -3.91. The molecule has 36 heavy (non-hydrogen) atoms. The van der Waals surface area contributed by atoms with Gasteiger partial charge in [0.2, 0.25) is 15.9 Å². The molecular weight excluding hydrogens is 490 g/mol. The number of rotatable bonds is 14. The number of aliphatic carboxylic acids is 1. The first-order valence-electron chi connectivity index (χ1n) is 11.8. The Labute approximate surface area is 210 Å². The van der Waals surface area contributed by atoms with Crippen molar-refractivity contribution in [3.8, 4) is 0 Å². The molecule has 13 nitrogen and oxygen atoms in total. The molecule has 8 N–H and O–H groups in total. The molecule has 3 amide bonds. The van der Waals surface area contributed by atoms with Gasteiger partial charge in [-0.15, -0.1) is 0 Å². The van der Waals surface area contributed by atoms with Gasteiger partial charge in [-0.3, -0.25) is 10.2 Å². The molecule has 1 fully saturated rings. The lowest BCUT2D eigenvalue weighted by atomic mass is 10.2. The fraction of sp³-hybridized carbons (Fsp3) is 0.545. The molecule has 1 aliphatic rings. The van der Waals surface area contributed by atoms with Crippen molar-refractivity contribution >= 4 is 33.9 Å². The van der Waals surface area contributed by atoms with Gasteiger partial charge in [-0.2, -0.15) is 4.31 Å². The second-order valence-electron chi connectivity index (χ2n) is 8.38. The van der Waals surface area contributed by atoms with E-state index in [1.165, 1.54) is 12.1 Å². The molecule has 2 atom stereocenters. The van der Waals surface area contributed by atoms with Crippen LogP contribution < -0.4 is 27.0 Å². The van der Waals surface area contributed by atoms with Crippen molar-refractivity contribution in [2.45, 2.75) is 55.5 Å². The van der Waals surface area contributed by atoms with Crippen LogP contribution in [0.2, 0.25) is 0 Å². The number of guanidine groups is 1. The molecule has 1 aromatic rings. The van der Waals surface area contributed by atoms with Crippen LogP contribution in [0, 0.1) is 5.41 Å². The monoisotopic (exact) mass is 525 g/mol. The third-order valence-electron chi connectivity index (χ3n) is 5.64. The molecule has 0 bridgehead atoms. The van der Waals surface area contributed by atoms with Crippen molar-refractivity contribution < 1.29 is 27.9 Å². The SMILES string of the molecule is N=C(N)NCCCCCCNC(=O)NC[C@@H](NC(=O)[C@H]1CCCN1S(=O)(=O)c1ccccc1)C(=O)O. The average molecular weight is 526 g/mol. The van der Waals surface area contributed by atoms with Crippen molar-refractivity contribution in [3.63, 3.8) is 0 Å². The minimum Gasteiger partial charge on any atom is -0.480 e. The molecular formula is C22H35N7O6S. The largest absolute Gasteiger partial charge is 0.480 e. The van der Waals surface area contributed by atoms with Gasteiger partial charge in [0, 0.05) is 19.6 Å². The quantitative estimate of drug-likeness (QED) is 0.0976. The molecule has 1 aliphatic heterocycles. The van der Waals surface area contributed by atoms with Crippen molar-refractivity contribution in [1.82, 2.24) is 25.6 Å². The molecule has 0 aliphatic carbocycles. The maximum Gasteiger partial charge on any atom is 0.328 e. The number of nitrogens with two attached hydrogens (primary N) is 1. The molecule has 1 saturated heterocycles. The van der Waals surface area contributed by atoms with Crippen molar-refractivity contribution in [1.29, 1.82) is 5.41 Å². The second kappa shape index (κ2) is 14.2. The van der Waals surface area contributed by atoms with Crippen LogP contribution in [0.4, 0.5) is 4.79 Å². The fourth-order valence-electron chi connectivity index (χ4n) is 3.77. The van der Waals surface area contributed by atoms with E-state index < -0.39 is 40.0 Å². The molecule has 1 aromatic carbocycles. The van der Waals surface area contributed by atoms with Crippen LogP contribution in [0.1, 0.15) is 38.5 Å². The summed E-state index contributed by atoms with van der Waals surface area (Å²) in [4.78, 5) is 36.5. The Balaban J connectivity index is 1.78. The highest BCUT2D eigenvalue weighted by molar-refractivity contribution is 7.89. The first-order chi connectivity index (χ1) is 17.1. The Bertz CT molecular complexity index is 1010. The topological polar surface area (TPSA) is 207 Å². The lowest BCUT2D eigenvalue weighted by Gasteiger charge is -2.25. The number of unbranched alkanes of at least 4 members (excludes halogenated alkanes) is 3. The number of hydrogen-bond donors (Lipinski definition) is 7. The normalized spacial score (nSPS) is 16.6. The zero-order valence-corrected chi connectivity index (χ0v) is 20.9. The van der Waals surface area contributed by atoms with Gasteiger partial charge in [0.25, 0.3) is 0 Å². The Morgan fingerprint density at radius 3 is 2.31 bits per heavy atom. The minimum absolute atomic E-state index is 0.0607. The van der Waals surface area contributed by atoms with Crippen LogP contribution in [0.3, 0.4) is 0 Å². The predicted octanol–water partition coefficient (Wildman–Crippen LogP) is -0.248. The number of carbonyl (C=O) groups excluding carboxylic acids is 2. The standard InChI is InChI=1S/C22H35N7O6S/c23-21(24)25-12-6-1-2-7-13-26-22(33)27-15-17(20(31)32)28-19(30)18-11-8-14-29(18)36(34,35)16-9-4-3-5-10-16/h3-5,9-10,17-18H,1-2,6-8,11-15H2,(H,28,30)(H,31,32)(H4,23,24,25)(H2,26,27,33)/t17-,18-/m1/s1. The van der Waals surface area contributed by atoms with Crippen LogP contribution in [0.5, 0.6) is 0 Å². The van der Waals surface area contributed by atoms with E-state index in [9.17, 15) is 27.9 Å². The Hall–Kier alpha value is -3.39. The molecule has 14 heteroatoms. The van der Waals surface area contributed by atoms with Gasteiger partial charge in [-0.1, -0.05) is 31.0 Å². The summed E-state index contributed by atoms with van der Waals surface area (Å²) in [6.07, 6.45) is 4.06. The van der Waals surface area contributed by atoms with Crippen molar-refractivity contribution in [2.75, 3.05) is 26.2 Å². The lowest BCUT2D eigenvalue weighted by molar-refractivity contribution is -0.142. The highest BCUT2D eigenvalue weighted by atomic mass is 32.2. The third kappa shape index (κ3) is 9.00. The number of nitrogens with one attached hydrogen (secondary N) is 5. The number of hydrogen-bond acceptors (Lipinski definition) is 6. The molecule has 200 valence electrons. The summed E-state index contributed by atoms with van der Waals surface area (Å²) in [7, 11) is -3.91. The summed E-state index contributed by atoms with van der Waals surface area (Å²) in [5.41, 5.74) is 5.19. The van der Waals surface area contributed by atoms with Gasteiger partial charge in [-0.05, 0) is 37.8 Å². The number of sulfonamides is 1. The van der Waals surface area contributed by atoms with E-state index in [0.29, 0.717) is 19.5 Å².